The molecule has 0 spiro atoms. The van der Waals surface area contributed by atoms with E-state index in [1.165, 1.54) is 0 Å². The standard InChI is InChI=1S/C15H24ClNO3/c1-4-17-11(3)14-8-12(16)6-7-15(14)20-10-13(18)9-19-5-2/h6-8,11,13,17-18H,4-5,9-10H2,1-3H3. The average molecular weight is 302 g/mol. The van der Waals surface area contributed by atoms with Crippen molar-refractivity contribution in [1.82, 2.24) is 5.32 Å². The summed E-state index contributed by atoms with van der Waals surface area (Å²) in [6.45, 7) is 7.92. The van der Waals surface area contributed by atoms with E-state index in [0.29, 0.717) is 11.6 Å². The Labute approximate surface area is 126 Å². The van der Waals surface area contributed by atoms with Crippen LogP contribution < -0.4 is 10.1 Å². The van der Waals surface area contributed by atoms with Crippen LogP contribution in [0, 0.1) is 0 Å². The fourth-order valence-corrected chi connectivity index (χ4v) is 2.07. The highest BCUT2D eigenvalue weighted by Gasteiger charge is 2.13. The zero-order chi connectivity index (χ0) is 15.0. The van der Waals surface area contributed by atoms with Gasteiger partial charge in [-0.05, 0) is 38.6 Å². The Bertz CT molecular complexity index is 401. The molecule has 2 N–H and O–H groups in total. The van der Waals surface area contributed by atoms with Crippen molar-refractivity contribution in [3.8, 4) is 5.75 Å². The third-order valence-electron chi connectivity index (χ3n) is 2.89. The lowest BCUT2D eigenvalue weighted by Gasteiger charge is -2.19. The van der Waals surface area contributed by atoms with Crippen LogP contribution in [-0.4, -0.2) is 37.6 Å². The zero-order valence-electron chi connectivity index (χ0n) is 12.4. The number of halogens is 1. The van der Waals surface area contributed by atoms with Gasteiger partial charge in [0.05, 0.1) is 6.61 Å². The van der Waals surface area contributed by atoms with Gasteiger partial charge in [-0.3, -0.25) is 0 Å². The van der Waals surface area contributed by atoms with Crippen LogP contribution in [0.4, 0.5) is 0 Å². The fraction of sp³-hybridized carbons (Fsp3) is 0.600. The first kappa shape index (κ1) is 17.2. The lowest BCUT2D eigenvalue weighted by Crippen LogP contribution is -2.24. The molecular weight excluding hydrogens is 278 g/mol. The molecule has 5 heteroatoms. The van der Waals surface area contributed by atoms with Gasteiger partial charge in [0.2, 0.25) is 0 Å². The van der Waals surface area contributed by atoms with Crippen LogP contribution >= 0.6 is 11.6 Å². The summed E-state index contributed by atoms with van der Waals surface area (Å²) < 4.78 is 10.8. The number of ether oxygens (including phenoxy) is 2. The summed E-state index contributed by atoms with van der Waals surface area (Å²) in [7, 11) is 0. The number of nitrogens with one attached hydrogen (secondary N) is 1. The Morgan fingerprint density at radius 3 is 2.70 bits per heavy atom. The molecule has 1 aromatic rings. The maximum Gasteiger partial charge on any atom is 0.124 e. The van der Waals surface area contributed by atoms with Crippen molar-refractivity contribution >= 4 is 11.6 Å². The van der Waals surface area contributed by atoms with Gasteiger partial charge in [0, 0.05) is 23.2 Å². The maximum atomic E-state index is 9.74. The number of aliphatic hydroxyl groups excluding tert-OH is 1. The molecule has 114 valence electrons. The Kier molecular flexibility index (Phi) is 7.92. The maximum absolute atomic E-state index is 9.74. The first-order chi connectivity index (χ1) is 9.58. The van der Waals surface area contributed by atoms with Gasteiger partial charge in [-0.15, -0.1) is 0 Å². The molecule has 0 aliphatic carbocycles. The monoisotopic (exact) mass is 301 g/mol. The number of aliphatic hydroxyl groups is 1. The molecule has 20 heavy (non-hydrogen) atoms. The van der Waals surface area contributed by atoms with Crippen molar-refractivity contribution in [3.63, 3.8) is 0 Å². The van der Waals surface area contributed by atoms with Crippen LogP contribution in [0.15, 0.2) is 18.2 Å². The minimum atomic E-state index is -0.632. The largest absolute Gasteiger partial charge is 0.490 e. The van der Waals surface area contributed by atoms with E-state index < -0.39 is 6.10 Å². The molecule has 0 amide bonds. The Hall–Kier alpha value is -0.810. The predicted molar refractivity (Wildman–Crippen MR) is 81.5 cm³/mol. The second-order valence-electron chi connectivity index (χ2n) is 4.59. The molecule has 0 aliphatic rings. The van der Waals surface area contributed by atoms with E-state index in [1.807, 2.05) is 26.0 Å². The van der Waals surface area contributed by atoms with Crippen LogP contribution in [0.2, 0.25) is 5.02 Å². The van der Waals surface area contributed by atoms with Crippen LogP contribution in [0.3, 0.4) is 0 Å². The number of hydrogen-bond donors (Lipinski definition) is 2. The SMILES string of the molecule is CCNC(C)c1cc(Cl)ccc1OCC(O)COCC. The van der Waals surface area contributed by atoms with Crippen LogP contribution in [0.25, 0.3) is 0 Å². The van der Waals surface area contributed by atoms with Gasteiger partial charge in [0.1, 0.15) is 18.5 Å². The third-order valence-corrected chi connectivity index (χ3v) is 3.13. The van der Waals surface area contributed by atoms with Crippen molar-refractivity contribution < 1.29 is 14.6 Å². The lowest BCUT2D eigenvalue weighted by molar-refractivity contribution is 0.0162. The summed E-state index contributed by atoms with van der Waals surface area (Å²) in [5.74, 6) is 0.735. The summed E-state index contributed by atoms with van der Waals surface area (Å²) in [5.41, 5.74) is 0.989. The van der Waals surface area contributed by atoms with E-state index in [0.717, 1.165) is 17.9 Å². The van der Waals surface area contributed by atoms with Gasteiger partial charge in [0.25, 0.3) is 0 Å². The van der Waals surface area contributed by atoms with Gasteiger partial charge in [-0.2, -0.15) is 0 Å². The summed E-state index contributed by atoms with van der Waals surface area (Å²) in [6, 6.07) is 5.64. The molecule has 0 bridgehead atoms. The first-order valence-corrected chi connectivity index (χ1v) is 7.37. The second kappa shape index (κ2) is 9.19. The van der Waals surface area contributed by atoms with E-state index in [2.05, 4.69) is 12.2 Å². The van der Waals surface area contributed by atoms with Gasteiger partial charge in [-0.1, -0.05) is 18.5 Å². The van der Waals surface area contributed by atoms with E-state index in [9.17, 15) is 5.11 Å². The summed E-state index contributed by atoms with van der Waals surface area (Å²) in [6.07, 6.45) is -0.632. The minimum absolute atomic E-state index is 0.137. The number of hydrogen-bond acceptors (Lipinski definition) is 4. The highest BCUT2D eigenvalue weighted by Crippen LogP contribution is 2.28. The molecule has 0 aliphatic heterocycles. The molecular formula is C15H24ClNO3. The molecule has 0 aromatic heterocycles. The normalized spacial score (nSPS) is 14.1. The molecule has 0 radical (unpaired) electrons. The molecule has 0 fully saturated rings. The molecule has 0 saturated heterocycles. The van der Waals surface area contributed by atoms with E-state index >= 15 is 0 Å². The molecule has 2 unspecified atom stereocenters. The van der Waals surface area contributed by atoms with E-state index in [-0.39, 0.29) is 19.3 Å². The predicted octanol–water partition coefficient (Wildman–Crippen LogP) is 2.79. The molecule has 0 heterocycles. The van der Waals surface area contributed by atoms with Crippen molar-refractivity contribution in [1.29, 1.82) is 0 Å². The van der Waals surface area contributed by atoms with E-state index in [4.69, 9.17) is 21.1 Å². The van der Waals surface area contributed by atoms with Crippen LogP contribution in [0.5, 0.6) is 5.75 Å². The Morgan fingerprint density at radius 2 is 2.05 bits per heavy atom. The van der Waals surface area contributed by atoms with Crippen LogP contribution in [-0.2, 0) is 4.74 Å². The third kappa shape index (κ3) is 5.67. The highest BCUT2D eigenvalue weighted by atomic mass is 35.5. The van der Waals surface area contributed by atoms with Crippen molar-refractivity contribution in [2.75, 3.05) is 26.4 Å². The van der Waals surface area contributed by atoms with Crippen LogP contribution in [0.1, 0.15) is 32.4 Å². The lowest BCUT2D eigenvalue weighted by atomic mass is 10.1. The van der Waals surface area contributed by atoms with Gasteiger partial charge in [0.15, 0.2) is 0 Å². The first-order valence-electron chi connectivity index (χ1n) is 6.99. The summed E-state index contributed by atoms with van der Waals surface area (Å²) in [5, 5.41) is 13.7. The molecule has 1 rings (SSSR count). The fourth-order valence-electron chi connectivity index (χ4n) is 1.89. The number of rotatable bonds is 9. The van der Waals surface area contributed by atoms with Gasteiger partial charge >= 0.3 is 0 Å². The second-order valence-corrected chi connectivity index (χ2v) is 5.02. The van der Waals surface area contributed by atoms with Gasteiger partial charge in [-0.25, -0.2) is 0 Å². The van der Waals surface area contributed by atoms with E-state index in [1.54, 1.807) is 6.07 Å². The zero-order valence-corrected chi connectivity index (χ0v) is 13.1. The smallest absolute Gasteiger partial charge is 0.124 e. The molecule has 1 aromatic carbocycles. The highest BCUT2D eigenvalue weighted by molar-refractivity contribution is 6.30. The molecule has 0 saturated carbocycles. The summed E-state index contributed by atoms with van der Waals surface area (Å²) >= 11 is 6.04. The van der Waals surface area contributed by atoms with Crippen molar-refractivity contribution in [2.45, 2.75) is 32.9 Å². The number of benzene rings is 1. The molecule has 4 nitrogen and oxygen atoms in total. The van der Waals surface area contributed by atoms with Crippen molar-refractivity contribution in [2.24, 2.45) is 0 Å². The van der Waals surface area contributed by atoms with Crippen molar-refractivity contribution in [3.05, 3.63) is 28.8 Å². The quantitative estimate of drug-likeness (QED) is 0.736. The molecule has 2 atom stereocenters. The summed E-state index contributed by atoms with van der Waals surface area (Å²) in [4.78, 5) is 0. The Morgan fingerprint density at radius 1 is 1.30 bits per heavy atom. The topological polar surface area (TPSA) is 50.7 Å². The average Bonchev–Trinajstić information content (AvgIpc) is 2.43. The van der Waals surface area contributed by atoms with Gasteiger partial charge < -0.3 is 19.9 Å². The Balaban J connectivity index is 2.68. The minimum Gasteiger partial charge on any atom is -0.490 e.